The van der Waals surface area contributed by atoms with Crippen LogP contribution in [-0.4, -0.2) is 36.1 Å². The Morgan fingerprint density at radius 1 is 1.11 bits per heavy atom. The fraction of sp³-hybridized carbons (Fsp3) is 0.273. The molecule has 6 heteroatoms. The third kappa shape index (κ3) is 6.03. The summed E-state index contributed by atoms with van der Waals surface area (Å²) in [5.41, 5.74) is 2.36. The molecule has 0 saturated carbocycles. The molecule has 0 spiro atoms. The van der Waals surface area contributed by atoms with Crippen LogP contribution in [-0.2, 0) is 11.2 Å². The lowest BCUT2D eigenvalue weighted by Gasteiger charge is -2.15. The summed E-state index contributed by atoms with van der Waals surface area (Å²) >= 11 is 0. The topological polar surface area (TPSA) is 58.4 Å². The molecule has 28 heavy (non-hydrogen) atoms. The van der Waals surface area contributed by atoms with Gasteiger partial charge in [-0.1, -0.05) is 41.6 Å². The van der Waals surface area contributed by atoms with Crippen LogP contribution >= 0.6 is 0 Å². The fourth-order valence-electron chi connectivity index (χ4n) is 2.89. The van der Waals surface area contributed by atoms with Crippen LogP contribution in [0.15, 0.2) is 65.2 Å². The summed E-state index contributed by atoms with van der Waals surface area (Å²) in [5, 5.41) is 6.83. The average molecular weight is 381 g/mol. The second kappa shape index (κ2) is 9.80. The van der Waals surface area contributed by atoms with Gasteiger partial charge in [-0.25, -0.2) is 4.39 Å². The van der Waals surface area contributed by atoms with E-state index in [1.165, 1.54) is 12.1 Å². The molecule has 0 bridgehead atoms. The molecule has 5 nitrogen and oxygen atoms in total. The monoisotopic (exact) mass is 381 g/mol. The van der Waals surface area contributed by atoms with E-state index in [9.17, 15) is 9.18 Å². The predicted octanol–water partition coefficient (Wildman–Crippen LogP) is 4.37. The first kappa shape index (κ1) is 19.8. The number of benzene rings is 2. The molecular formula is C22H24FN3O2. The number of carbonyl (C=O) groups is 1. The van der Waals surface area contributed by atoms with Gasteiger partial charge in [-0.3, -0.25) is 4.79 Å². The van der Waals surface area contributed by atoms with Gasteiger partial charge in [0.1, 0.15) is 17.3 Å². The lowest BCUT2D eigenvalue weighted by Crippen LogP contribution is -2.25. The summed E-state index contributed by atoms with van der Waals surface area (Å²) in [5.74, 6) is 0.369. The number of halogens is 1. The minimum absolute atomic E-state index is 0.125. The molecule has 0 aliphatic carbocycles. The van der Waals surface area contributed by atoms with Crippen LogP contribution in [0.25, 0.3) is 11.3 Å². The number of amides is 1. The molecule has 0 aliphatic heterocycles. The number of hydrogen-bond donors (Lipinski definition) is 1. The van der Waals surface area contributed by atoms with E-state index >= 15 is 0 Å². The molecule has 3 aromatic rings. The van der Waals surface area contributed by atoms with Crippen molar-refractivity contribution in [3.05, 3.63) is 72.2 Å². The molecule has 1 amide bonds. The Bertz CT molecular complexity index is 896. The number of rotatable bonds is 9. The van der Waals surface area contributed by atoms with Crippen molar-refractivity contribution in [2.24, 2.45) is 0 Å². The molecule has 3 rings (SSSR count). The van der Waals surface area contributed by atoms with Gasteiger partial charge in [0.2, 0.25) is 5.91 Å². The molecule has 2 aromatic carbocycles. The van der Waals surface area contributed by atoms with E-state index in [4.69, 9.17) is 4.52 Å². The van der Waals surface area contributed by atoms with E-state index in [1.54, 1.807) is 12.1 Å². The molecule has 0 radical (unpaired) electrons. The van der Waals surface area contributed by atoms with Gasteiger partial charge in [-0.15, -0.1) is 0 Å². The summed E-state index contributed by atoms with van der Waals surface area (Å²) in [6.45, 7) is 1.47. The molecule has 1 N–H and O–H groups in total. The Morgan fingerprint density at radius 2 is 1.93 bits per heavy atom. The van der Waals surface area contributed by atoms with Crippen molar-refractivity contribution in [3.8, 4) is 11.3 Å². The number of anilines is 1. The minimum atomic E-state index is -0.363. The summed E-state index contributed by atoms with van der Waals surface area (Å²) < 4.78 is 18.5. The second-order valence-corrected chi connectivity index (χ2v) is 6.76. The van der Waals surface area contributed by atoms with Crippen LogP contribution in [0.5, 0.6) is 0 Å². The van der Waals surface area contributed by atoms with E-state index in [0.29, 0.717) is 18.7 Å². The van der Waals surface area contributed by atoms with Crippen molar-refractivity contribution in [2.45, 2.75) is 19.3 Å². The summed E-state index contributed by atoms with van der Waals surface area (Å²) in [6, 6.07) is 17.8. The van der Waals surface area contributed by atoms with Gasteiger partial charge in [0.15, 0.2) is 0 Å². The molecule has 0 saturated heterocycles. The molecular weight excluding hydrogens is 357 g/mol. The normalized spacial score (nSPS) is 11.0. The first-order valence-corrected chi connectivity index (χ1v) is 9.35. The highest BCUT2D eigenvalue weighted by Gasteiger charge is 2.08. The van der Waals surface area contributed by atoms with Crippen molar-refractivity contribution in [3.63, 3.8) is 0 Å². The largest absolute Gasteiger partial charge is 0.361 e. The second-order valence-electron chi connectivity index (χ2n) is 6.76. The average Bonchev–Trinajstić information content (AvgIpc) is 3.16. The zero-order valence-electron chi connectivity index (χ0n) is 15.9. The summed E-state index contributed by atoms with van der Waals surface area (Å²) in [7, 11) is 1.98. The number of hydrogen-bond acceptors (Lipinski definition) is 4. The number of nitrogens with one attached hydrogen (secondary N) is 1. The van der Waals surface area contributed by atoms with Crippen LogP contribution in [0, 0.1) is 5.82 Å². The quantitative estimate of drug-likeness (QED) is 0.598. The highest BCUT2D eigenvalue weighted by Crippen LogP contribution is 2.19. The smallest absolute Gasteiger partial charge is 0.225 e. The van der Waals surface area contributed by atoms with Gasteiger partial charge in [-0.05, 0) is 38.2 Å². The van der Waals surface area contributed by atoms with Gasteiger partial charge in [0.25, 0.3) is 0 Å². The van der Waals surface area contributed by atoms with Gasteiger partial charge in [0.05, 0.1) is 0 Å². The Hall–Kier alpha value is -2.99. The number of aryl methyl sites for hydroxylation is 1. The summed E-state index contributed by atoms with van der Waals surface area (Å²) in [4.78, 5) is 14.1. The van der Waals surface area contributed by atoms with E-state index in [0.717, 1.165) is 36.4 Å². The van der Waals surface area contributed by atoms with Crippen LogP contribution in [0.3, 0.4) is 0 Å². The maximum Gasteiger partial charge on any atom is 0.225 e. The van der Waals surface area contributed by atoms with Gasteiger partial charge in [0, 0.05) is 36.7 Å². The molecule has 0 fully saturated rings. The number of carbonyl (C=O) groups excluding carboxylic acids is 1. The Balaban J connectivity index is 1.36. The van der Waals surface area contributed by atoms with Crippen molar-refractivity contribution in [1.29, 1.82) is 0 Å². The standard InChI is InChI=1S/C22H24FN3O2/c1-26(14-12-22(27)24-19-10-5-9-18(23)15-19)13-6-11-20-16-21(25-28-20)17-7-3-2-4-8-17/h2-5,7-10,15-16H,6,11-14H2,1H3,(H,24,27). The SMILES string of the molecule is CN(CCCc1cc(-c2ccccc2)no1)CCC(=O)Nc1cccc(F)c1. The molecule has 146 valence electrons. The Morgan fingerprint density at radius 3 is 2.71 bits per heavy atom. The molecule has 1 aromatic heterocycles. The number of nitrogens with zero attached hydrogens (tertiary/aromatic N) is 2. The van der Waals surface area contributed by atoms with Gasteiger partial charge < -0.3 is 14.7 Å². The zero-order valence-corrected chi connectivity index (χ0v) is 15.9. The highest BCUT2D eigenvalue weighted by molar-refractivity contribution is 5.90. The first-order chi connectivity index (χ1) is 13.6. The van der Waals surface area contributed by atoms with Crippen molar-refractivity contribution in [1.82, 2.24) is 10.1 Å². The molecule has 0 atom stereocenters. The van der Waals surface area contributed by atoms with E-state index < -0.39 is 0 Å². The van der Waals surface area contributed by atoms with Crippen LogP contribution in [0.1, 0.15) is 18.6 Å². The van der Waals surface area contributed by atoms with Crippen molar-refractivity contribution < 1.29 is 13.7 Å². The molecule has 1 heterocycles. The van der Waals surface area contributed by atoms with Gasteiger partial charge in [-0.2, -0.15) is 0 Å². The van der Waals surface area contributed by atoms with Crippen LogP contribution in [0.4, 0.5) is 10.1 Å². The first-order valence-electron chi connectivity index (χ1n) is 9.35. The Kier molecular flexibility index (Phi) is 6.92. The lowest BCUT2D eigenvalue weighted by atomic mass is 10.1. The third-order valence-electron chi connectivity index (χ3n) is 4.42. The third-order valence-corrected chi connectivity index (χ3v) is 4.42. The van der Waals surface area contributed by atoms with Gasteiger partial charge >= 0.3 is 0 Å². The zero-order chi connectivity index (χ0) is 19.8. The van der Waals surface area contributed by atoms with E-state index in [-0.39, 0.29) is 11.7 Å². The fourth-order valence-corrected chi connectivity index (χ4v) is 2.89. The predicted molar refractivity (Wildman–Crippen MR) is 107 cm³/mol. The van der Waals surface area contributed by atoms with Crippen LogP contribution < -0.4 is 5.32 Å². The highest BCUT2D eigenvalue weighted by atomic mass is 19.1. The van der Waals surface area contributed by atoms with Crippen molar-refractivity contribution >= 4 is 11.6 Å². The van der Waals surface area contributed by atoms with E-state index in [2.05, 4.69) is 15.4 Å². The van der Waals surface area contributed by atoms with Crippen LogP contribution in [0.2, 0.25) is 0 Å². The minimum Gasteiger partial charge on any atom is -0.361 e. The number of aromatic nitrogens is 1. The molecule has 0 aliphatic rings. The van der Waals surface area contributed by atoms with E-state index in [1.807, 2.05) is 43.4 Å². The lowest BCUT2D eigenvalue weighted by molar-refractivity contribution is -0.116. The maximum absolute atomic E-state index is 13.1. The summed E-state index contributed by atoms with van der Waals surface area (Å²) in [6.07, 6.45) is 2.05. The molecule has 0 unspecified atom stereocenters. The Labute approximate surface area is 164 Å². The van der Waals surface area contributed by atoms with Crippen molar-refractivity contribution in [2.75, 3.05) is 25.5 Å². The maximum atomic E-state index is 13.1.